The van der Waals surface area contributed by atoms with E-state index in [0.717, 1.165) is 32.5 Å². The lowest BCUT2D eigenvalue weighted by Gasteiger charge is -2.35. The van der Waals surface area contributed by atoms with Gasteiger partial charge in [-0.1, -0.05) is 6.92 Å². The van der Waals surface area contributed by atoms with Gasteiger partial charge in [-0.2, -0.15) is 5.26 Å². The number of hydrogen-bond acceptors (Lipinski definition) is 4. The van der Waals surface area contributed by atoms with E-state index >= 15 is 0 Å². The molecule has 6 heteroatoms. The zero-order valence-electron chi connectivity index (χ0n) is 10.8. The van der Waals surface area contributed by atoms with E-state index in [1.54, 1.807) is 13.1 Å². The van der Waals surface area contributed by atoms with Gasteiger partial charge in [0.05, 0.1) is 6.07 Å². The van der Waals surface area contributed by atoms with Crippen LogP contribution < -0.4 is 0 Å². The van der Waals surface area contributed by atoms with E-state index in [2.05, 4.69) is 11.8 Å². The molecule has 1 saturated heterocycles. The maximum absolute atomic E-state index is 12.0. The van der Waals surface area contributed by atoms with E-state index in [-0.39, 0.29) is 6.04 Å². The molecule has 0 aromatic carbocycles. The Balaban J connectivity index is 2.67. The van der Waals surface area contributed by atoms with E-state index in [4.69, 9.17) is 5.26 Å². The van der Waals surface area contributed by atoms with Crippen LogP contribution in [0.3, 0.4) is 0 Å². The third-order valence-electron chi connectivity index (χ3n) is 3.55. The van der Waals surface area contributed by atoms with Gasteiger partial charge >= 0.3 is 0 Å². The lowest BCUT2D eigenvalue weighted by molar-refractivity contribution is 0.176. The summed E-state index contributed by atoms with van der Waals surface area (Å²) in [7, 11) is -1.87. The average Bonchev–Trinajstić information content (AvgIpc) is 2.36. The molecule has 0 aliphatic carbocycles. The highest BCUT2D eigenvalue weighted by molar-refractivity contribution is 7.89. The SMILES string of the molecule is CCN1CCC(N(C)S(=O)(=O)C(C)C#N)CC1. The third-order valence-corrected chi connectivity index (χ3v) is 5.65. The summed E-state index contributed by atoms with van der Waals surface area (Å²) < 4.78 is 25.4. The molecule has 1 atom stereocenters. The highest BCUT2D eigenvalue weighted by Gasteiger charge is 2.32. The van der Waals surface area contributed by atoms with Crippen molar-refractivity contribution in [3.63, 3.8) is 0 Å². The molecule has 0 bridgehead atoms. The van der Waals surface area contributed by atoms with Gasteiger partial charge in [-0.05, 0) is 39.4 Å². The highest BCUT2D eigenvalue weighted by atomic mass is 32.2. The van der Waals surface area contributed by atoms with Gasteiger partial charge in [0.15, 0.2) is 5.25 Å². The van der Waals surface area contributed by atoms with Gasteiger partial charge in [-0.25, -0.2) is 12.7 Å². The summed E-state index contributed by atoms with van der Waals surface area (Å²) in [5.74, 6) is 0. The van der Waals surface area contributed by atoms with Crippen molar-refractivity contribution in [3.05, 3.63) is 0 Å². The lowest BCUT2D eigenvalue weighted by atomic mass is 10.1. The largest absolute Gasteiger partial charge is 0.303 e. The minimum Gasteiger partial charge on any atom is -0.303 e. The molecular weight excluding hydrogens is 238 g/mol. The Bertz CT molecular complexity index is 380. The van der Waals surface area contributed by atoms with Crippen molar-refractivity contribution in [2.75, 3.05) is 26.7 Å². The zero-order valence-corrected chi connectivity index (χ0v) is 11.6. The van der Waals surface area contributed by atoms with Crippen LogP contribution in [0.25, 0.3) is 0 Å². The van der Waals surface area contributed by atoms with E-state index < -0.39 is 15.3 Å². The zero-order chi connectivity index (χ0) is 13.1. The van der Waals surface area contributed by atoms with Crippen molar-refractivity contribution < 1.29 is 8.42 Å². The summed E-state index contributed by atoms with van der Waals surface area (Å²) in [4.78, 5) is 2.31. The number of sulfonamides is 1. The smallest absolute Gasteiger partial charge is 0.230 e. The summed E-state index contributed by atoms with van der Waals surface area (Å²) in [6.45, 7) is 6.42. The van der Waals surface area contributed by atoms with E-state index in [0.29, 0.717) is 0 Å². The van der Waals surface area contributed by atoms with Crippen LogP contribution in [-0.4, -0.2) is 55.6 Å². The Morgan fingerprint density at radius 3 is 2.41 bits per heavy atom. The molecule has 1 aliphatic rings. The average molecular weight is 259 g/mol. The van der Waals surface area contributed by atoms with Gasteiger partial charge in [0, 0.05) is 13.1 Å². The molecule has 0 saturated carbocycles. The number of rotatable bonds is 4. The van der Waals surface area contributed by atoms with Gasteiger partial charge in [0.1, 0.15) is 0 Å². The number of piperidine rings is 1. The molecule has 1 rings (SSSR count). The third kappa shape index (κ3) is 3.18. The lowest BCUT2D eigenvalue weighted by Crippen LogP contribution is -2.47. The molecule has 0 radical (unpaired) electrons. The van der Waals surface area contributed by atoms with Crippen molar-refractivity contribution in [2.45, 2.75) is 38.0 Å². The number of hydrogen-bond donors (Lipinski definition) is 0. The quantitative estimate of drug-likeness (QED) is 0.743. The van der Waals surface area contributed by atoms with Gasteiger partial charge in [0.25, 0.3) is 0 Å². The monoisotopic (exact) mass is 259 g/mol. The first kappa shape index (κ1) is 14.4. The predicted molar refractivity (Wildman–Crippen MR) is 66.9 cm³/mol. The topological polar surface area (TPSA) is 64.4 Å². The van der Waals surface area contributed by atoms with Crippen LogP contribution in [0.5, 0.6) is 0 Å². The summed E-state index contributed by atoms with van der Waals surface area (Å²) >= 11 is 0. The maximum Gasteiger partial charge on any atom is 0.230 e. The molecule has 0 aromatic rings. The molecule has 5 nitrogen and oxygen atoms in total. The molecule has 1 fully saturated rings. The van der Waals surface area contributed by atoms with Crippen molar-refractivity contribution in [1.29, 1.82) is 5.26 Å². The predicted octanol–water partition coefficient (Wildman–Crippen LogP) is 0.644. The first-order chi connectivity index (χ1) is 7.93. The van der Waals surface area contributed by atoms with E-state index in [1.807, 2.05) is 0 Å². The van der Waals surface area contributed by atoms with Crippen LogP contribution in [0.15, 0.2) is 0 Å². The normalized spacial score (nSPS) is 21.4. The Morgan fingerprint density at radius 1 is 1.47 bits per heavy atom. The fourth-order valence-electron chi connectivity index (χ4n) is 2.12. The maximum atomic E-state index is 12.0. The fourth-order valence-corrected chi connectivity index (χ4v) is 3.38. The molecule has 1 aliphatic heterocycles. The van der Waals surface area contributed by atoms with Crippen LogP contribution in [0.4, 0.5) is 0 Å². The minimum atomic E-state index is -3.46. The fraction of sp³-hybridized carbons (Fsp3) is 0.909. The van der Waals surface area contributed by atoms with Crippen LogP contribution in [0.1, 0.15) is 26.7 Å². The van der Waals surface area contributed by atoms with E-state index in [9.17, 15) is 8.42 Å². The molecule has 0 aromatic heterocycles. The minimum absolute atomic E-state index is 0.0404. The summed E-state index contributed by atoms with van der Waals surface area (Å²) in [5.41, 5.74) is 0. The van der Waals surface area contributed by atoms with Crippen molar-refractivity contribution in [3.8, 4) is 6.07 Å². The summed E-state index contributed by atoms with van der Waals surface area (Å²) in [6, 6.07) is 1.85. The van der Waals surface area contributed by atoms with Gasteiger partial charge in [-0.3, -0.25) is 0 Å². The van der Waals surface area contributed by atoms with Crippen molar-refractivity contribution in [2.24, 2.45) is 0 Å². The molecule has 0 spiro atoms. The molecule has 0 N–H and O–H groups in total. The Labute approximate surface area is 104 Å². The summed E-state index contributed by atoms with van der Waals surface area (Å²) in [6.07, 6.45) is 1.70. The molecular formula is C11H21N3O2S. The number of likely N-dealkylation sites (tertiary alicyclic amines) is 1. The first-order valence-electron chi connectivity index (χ1n) is 6.02. The van der Waals surface area contributed by atoms with Crippen molar-refractivity contribution in [1.82, 2.24) is 9.21 Å². The van der Waals surface area contributed by atoms with Gasteiger partial charge < -0.3 is 4.90 Å². The van der Waals surface area contributed by atoms with Gasteiger partial charge in [0.2, 0.25) is 10.0 Å². The second-order valence-corrected chi connectivity index (χ2v) is 6.81. The van der Waals surface area contributed by atoms with Crippen LogP contribution in [-0.2, 0) is 10.0 Å². The standard InChI is InChI=1S/C11H21N3O2S/c1-4-14-7-5-11(6-8-14)13(3)17(15,16)10(2)9-12/h10-11H,4-8H2,1-3H3. The number of nitrogens with zero attached hydrogens (tertiary/aromatic N) is 3. The Kier molecular flexibility index (Phi) is 4.92. The molecule has 17 heavy (non-hydrogen) atoms. The second kappa shape index (κ2) is 5.80. The van der Waals surface area contributed by atoms with E-state index in [1.165, 1.54) is 11.2 Å². The van der Waals surface area contributed by atoms with Gasteiger partial charge in [-0.15, -0.1) is 0 Å². The first-order valence-corrected chi connectivity index (χ1v) is 7.52. The Morgan fingerprint density at radius 2 is 2.00 bits per heavy atom. The van der Waals surface area contributed by atoms with Crippen LogP contribution in [0, 0.1) is 11.3 Å². The molecule has 98 valence electrons. The molecule has 0 amide bonds. The van der Waals surface area contributed by atoms with Crippen LogP contribution in [0.2, 0.25) is 0 Å². The second-order valence-electron chi connectivity index (χ2n) is 4.50. The number of nitriles is 1. The Hall–Kier alpha value is -0.640. The molecule has 1 unspecified atom stereocenters. The highest BCUT2D eigenvalue weighted by Crippen LogP contribution is 2.19. The summed E-state index contributed by atoms with van der Waals surface area (Å²) in [5, 5.41) is 7.77. The molecule has 1 heterocycles. The van der Waals surface area contributed by atoms with Crippen molar-refractivity contribution >= 4 is 10.0 Å². The van der Waals surface area contributed by atoms with Crippen LogP contribution >= 0.6 is 0 Å².